The zero-order valence-corrected chi connectivity index (χ0v) is 19.7. The first-order valence-electron chi connectivity index (χ1n) is 11.0. The Bertz CT molecular complexity index is 1360. The van der Waals surface area contributed by atoms with Gasteiger partial charge in [0.25, 0.3) is 5.69 Å². The molecule has 9 nitrogen and oxygen atoms in total. The van der Waals surface area contributed by atoms with Crippen molar-refractivity contribution in [3.63, 3.8) is 0 Å². The van der Waals surface area contributed by atoms with Crippen molar-refractivity contribution in [3.8, 4) is 22.7 Å². The van der Waals surface area contributed by atoms with Gasteiger partial charge in [0.2, 0.25) is 5.91 Å². The number of methoxy groups -OCH3 is 1. The fourth-order valence-corrected chi connectivity index (χ4v) is 3.90. The summed E-state index contributed by atoms with van der Waals surface area (Å²) in [4.78, 5) is 27.9. The lowest BCUT2D eigenvalue weighted by Gasteiger charge is -2.12. The topological polar surface area (TPSA) is 112 Å². The van der Waals surface area contributed by atoms with Crippen LogP contribution in [0, 0.1) is 24.0 Å². The summed E-state index contributed by atoms with van der Waals surface area (Å²) < 4.78 is 7.15. The van der Waals surface area contributed by atoms with Gasteiger partial charge in [0.05, 0.1) is 42.1 Å². The first-order chi connectivity index (χ1) is 16.9. The standard InChI is InChI=1S/C26H25N5O4/c1-17-14-27-23(18(2)26(17)35-3)15-28-24(32)13-20-16-30(21-7-5-4-6-8-21)29-25(20)19-9-11-22(12-10-19)31(33)34/h4-12,14,16H,13,15H2,1-3H3,(H,28,32). The van der Waals surface area contributed by atoms with Gasteiger partial charge >= 0.3 is 0 Å². The van der Waals surface area contributed by atoms with Crippen LogP contribution in [0.2, 0.25) is 0 Å². The molecule has 1 amide bonds. The number of para-hydroxylation sites is 1. The molecule has 0 saturated carbocycles. The van der Waals surface area contributed by atoms with Crippen molar-refractivity contribution >= 4 is 11.6 Å². The molecule has 0 atom stereocenters. The van der Waals surface area contributed by atoms with Gasteiger partial charge in [-0.2, -0.15) is 5.10 Å². The van der Waals surface area contributed by atoms with E-state index in [-0.39, 0.29) is 24.6 Å². The number of amides is 1. The summed E-state index contributed by atoms with van der Waals surface area (Å²) in [5.74, 6) is 0.565. The van der Waals surface area contributed by atoms with Gasteiger partial charge in [-0.25, -0.2) is 4.68 Å². The van der Waals surface area contributed by atoms with Crippen molar-refractivity contribution in [2.75, 3.05) is 7.11 Å². The van der Waals surface area contributed by atoms with Crippen LogP contribution in [0.1, 0.15) is 22.4 Å². The highest BCUT2D eigenvalue weighted by Gasteiger charge is 2.17. The third kappa shape index (κ3) is 5.19. The number of benzene rings is 2. The smallest absolute Gasteiger partial charge is 0.269 e. The molecule has 0 radical (unpaired) electrons. The second-order valence-corrected chi connectivity index (χ2v) is 8.09. The van der Waals surface area contributed by atoms with E-state index in [2.05, 4.69) is 15.4 Å². The number of non-ortho nitro benzene ring substituents is 1. The van der Waals surface area contributed by atoms with Crippen LogP contribution in [-0.2, 0) is 17.8 Å². The molecule has 1 N–H and O–H groups in total. The number of nitro groups is 1. The zero-order chi connectivity index (χ0) is 24.9. The monoisotopic (exact) mass is 471 g/mol. The van der Waals surface area contributed by atoms with Gasteiger partial charge in [0.15, 0.2) is 0 Å². The largest absolute Gasteiger partial charge is 0.496 e. The average molecular weight is 472 g/mol. The third-order valence-electron chi connectivity index (χ3n) is 5.72. The Kier molecular flexibility index (Phi) is 6.86. The minimum atomic E-state index is -0.448. The van der Waals surface area contributed by atoms with Crippen molar-refractivity contribution in [3.05, 3.63) is 99.5 Å². The molecule has 178 valence electrons. The lowest BCUT2D eigenvalue weighted by molar-refractivity contribution is -0.384. The van der Waals surface area contributed by atoms with E-state index in [1.54, 1.807) is 30.1 Å². The molecule has 0 aliphatic rings. The SMILES string of the molecule is COc1c(C)cnc(CNC(=O)Cc2cn(-c3ccccc3)nc2-c2ccc([N+](=O)[O-])cc2)c1C. The number of ether oxygens (including phenoxy) is 1. The van der Waals surface area contributed by atoms with E-state index in [0.29, 0.717) is 16.8 Å². The van der Waals surface area contributed by atoms with Gasteiger partial charge in [-0.05, 0) is 38.1 Å². The van der Waals surface area contributed by atoms with E-state index in [0.717, 1.165) is 28.3 Å². The quantitative estimate of drug-likeness (QED) is 0.302. The molecule has 0 bridgehead atoms. The Morgan fingerprint density at radius 3 is 2.49 bits per heavy atom. The zero-order valence-electron chi connectivity index (χ0n) is 19.7. The Morgan fingerprint density at radius 1 is 1.11 bits per heavy atom. The number of nitro benzene ring substituents is 1. The molecule has 0 fully saturated rings. The fraction of sp³-hybridized carbons (Fsp3) is 0.192. The molecule has 0 aliphatic carbocycles. The van der Waals surface area contributed by atoms with E-state index in [4.69, 9.17) is 4.74 Å². The van der Waals surface area contributed by atoms with Gasteiger partial charge in [0.1, 0.15) is 5.75 Å². The number of nitrogens with one attached hydrogen (secondary N) is 1. The minimum absolute atomic E-state index is 0.00747. The molecule has 0 aliphatic heterocycles. The van der Waals surface area contributed by atoms with E-state index >= 15 is 0 Å². The molecular weight excluding hydrogens is 446 g/mol. The lowest BCUT2D eigenvalue weighted by Crippen LogP contribution is -2.25. The number of carbonyl (C=O) groups excluding carboxylic acids is 1. The lowest BCUT2D eigenvalue weighted by atomic mass is 10.1. The second kappa shape index (κ2) is 10.2. The van der Waals surface area contributed by atoms with Crippen LogP contribution in [0.15, 0.2) is 67.0 Å². The molecule has 0 spiro atoms. The van der Waals surface area contributed by atoms with Gasteiger partial charge < -0.3 is 10.1 Å². The number of pyridine rings is 1. The summed E-state index contributed by atoms with van der Waals surface area (Å²) in [5, 5.41) is 18.7. The minimum Gasteiger partial charge on any atom is -0.496 e. The van der Waals surface area contributed by atoms with Crippen LogP contribution in [0.25, 0.3) is 16.9 Å². The summed E-state index contributed by atoms with van der Waals surface area (Å²) in [6, 6.07) is 15.7. The van der Waals surface area contributed by atoms with E-state index in [9.17, 15) is 14.9 Å². The number of hydrogen-bond donors (Lipinski definition) is 1. The van der Waals surface area contributed by atoms with Crippen LogP contribution in [0.4, 0.5) is 5.69 Å². The van der Waals surface area contributed by atoms with Gasteiger partial charge in [-0.1, -0.05) is 18.2 Å². The molecule has 35 heavy (non-hydrogen) atoms. The van der Waals surface area contributed by atoms with E-state index in [1.807, 2.05) is 50.4 Å². The third-order valence-corrected chi connectivity index (χ3v) is 5.72. The van der Waals surface area contributed by atoms with Crippen molar-refractivity contribution in [1.82, 2.24) is 20.1 Å². The Hall–Kier alpha value is -4.53. The molecule has 2 aromatic carbocycles. The molecule has 4 rings (SSSR count). The van der Waals surface area contributed by atoms with Crippen LogP contribution in [-0.4, -0.2) is 32.7 Å². The number of aryl methyl sites for hydroxylation is 1. The van der Waals surface area contributed by atoms with Gasteiger partial charge in [0, 0.05) is 46.8 Å². The molecule has 0 saturated heterocycles. The molecule has 4 aromatic rings. The maximum Gasteiger partial charge on any atom is 0.269 e. The Balaban J connectivity index is 1.59. The summed E-state index contributed by atoms with van der Waals surface area (Å²) in [6.07, 6.45) is 3.62. The highest BCUT2D eigenvalue weighted by Crippen LogP contribution is 2.27. The maximum absolute atomic E-state index is 12.9. The van der Waals surface area contributed by atoms with Gasteiger partial charge in [-0.3, -0.25) is 19.9 Å². The predicted molar refractivity (Wildman–Crippen MR) is 131 cm³/mol. The number of carbonyl (C=O) groups is 1. The van der Waals surface area contributed by atoms with Gasteiger partial charge in [-0.15, -0.1) is 0 Å². The number of nitrogens with zero attached hydrogens (tertiary/aromatic N) is 4. The number of rotatable bonds is 8. The van der Waals surface area contributed by atoms with Crippen molar-refractivity contribution in [2.24, 2.45) is 0 Å². The normalized spacial score (nSPS) is 10.7. The average Bonchev–Trinajstić information content (AvgIpc) is 3.28. The highest BCUT2D eigenvalue weighted by molar-refractivity contribution is 5.81. The molecule has 9 heteroatoms. The van der Waals surface area contributed by atoms with Crippen LogP contribution in [0.3, 0.4) is 0 Å². The fourth-order valence-electron chi connectivity index (χ4n) is 3.90. The molecule has 2 heterocycles. The van der Waals surface area contributed by atoms with Crippen LogP contribution in [0.5, 0.6) is 5.75 Å². The van der Waals surface area contributed by atoms with Crippen molar-refractivity contribution in [2.45, 2.75) is 26.8 Å². The van der Waals surface area contributed by atoms with Crippen LogP contribution < -0.4 is 10.1 Å². The summed E-state index contributed by atoms with van der Waals surface area (Å²) in [6.45, 7) is 4.10. The van der Waals surface area contributed by atoms with Crippen LogP contribution >= 0.6 is 0 Å². The summed E-state index contributed by atoms with van der Waals surface area (Å²) in [5.41, 5.74) is 5.36. The first-order valence-corrected chi connectivity index (χ1v) is 11.0. The Labute approximate surface area is 202 Å². The summed E-state index contributed by atoms with van der Waals surface area (Å²) >= 11 is 0. The summed E-state index contributed by atoms with van der Waals surface area (Å²) in [7, 11) is 1.61. The van der Waals surface area contributed by atoms with Crippen molar-refractivity contribution in [1.29, 1.82) is 0 Å². The number of hydrogen-bond acceptors (Lipinski definition) is 6. The maximum atomic E-state index is 12.9. The molecule has 2 aromatic heterocycles. The predicted octanol–water partition coefficient (Wildman–Crippen LogP) is 4.33. The highest BCUT2D eigenvalue weighted by atomic mass is 16.6. The Morgan fingerprint density at radius 2 is 1.83 bits per heavy atom. The second-order valence-electron chi connectivity index (χ2n) is 8.09. The van der Waals surface area contributed by atoms with E-state index < -0.39 is 4.92 Å². The molecular formula is C26H25N5O4. The first kappa shape index (κ1) is 23.6. The van der Waals surface area contributed by atoms with Crippen molar-refractivity contribution < 1.29 is 14.5 Å². The number of aromatic nitrogens is 3. The van der Waals surface area contributed by atoms with E-state index in [1.165, 1.54) is 12.1 Å². The molecule has 0 unspecified atom stereocenters.